The van der Waals surface area contributed by atoms with E-state index < -0.39 is 29.2 Å². The Morgan fingerprint density at radius 2 is 1.98 bits per heavy atom. The zero-order valence-corrected chi connectivity index (χ0v) is 22.0. The number of benzene rings is 3. The first kappa shape index (κ1) is 29.2. The third kappa shape index (κ3) is 6.69. The summed E-state index contributed by atoms with van der Waals surface area (Å²) >= 11 is 0. The van der Waals surface area contributed by atoms with Crippen LogP contribution in [0.3, 0.4) is 0 Å². The van der Waals surface area contributed by atoms with Crippen LogP contribution in [-0.4, -0.2) is 35.7 Å². The normalized spacial score (nSPS) is 17.6. The first-order chi connectivity index (χ1) is 19.9. The summed E-state index contributed by atoms with van der Waals surface area (Å²) in [5, 5.41) is 12.7. The van der Waals surface area contributed by atoms with E-state index in [4.69, 9.17) is 25.1 Å². The summed E-state index contributed by atoms with van der Waals surface area (Å²) in [6.45, 7) is 4.18. The number of hydrogen-bond donors (Lipinski definition) is 3. The van der Waals surface area contributed by atoms with Crippen molar-refractivity contribution < 1.29 is 28.2 Å². The molecule has 1 heterocycles. The molecule has 0 aliphatic carbocycles. The molecule has 41 heavy (non-hydrogen) atoms. The second-order valence-corrected chi connectivity index (χ2v) is 9.09. The predicted molar refractivity (Wildman–Crippen MR) is 148 cm³/mol. The summed E-state index contributed by atoms with van der Waals surface area (Å²) in [6.07, 6.45) is 1.06. The fraction of sp³-hybridized carbons (Fsp3) is 0.241. The molecule has 0 radical (unpaired) electrons. The van der Waals surface area contributed by atoms with Crippen molar-refractivity contribution in [2.45, 2.75) is 31.0 Å². The maximum absolute atomic E-state index is 13.8. The van der Waals surface area contributed by atoms with Gasteiger partial charge in [0, 0.05) is 47.7 Å². The fourth-order valence-electron chi connectivity index (χ4n) is 4.35. The minimum Gasteiger partial charge on any atom is -0.494 e. The van der Waals surface area contributed by atoms with Gasteiger partial charge in [-0.2, -0.15) is 0 Å². The Labute approximate surface area is 234 Å². The second kappa shape index (κ2) is 13.5. The first-order valence-electron chi connectivity index (χ1n) is 12.7. The van der Waals surface area contributed by atoms with Crippen molar-refractivity contribution in [2.24, 2.45) is 10.1 Å². The van der Waals surface area contributed by atoms with E-state index in [1.165, 1.54) is 12.1 Å². The maximum atomic E-state index is 13.8. The molecule has 0 bridgehead atoms. The highest BCUT2D eigenvalue weighted by Crippen LogP contribution is 2.45. The summed E-state index contributed by atoms with van der Waals surface area (Å²) in [5.41, 5.74) is 14.6. The molecule has 1 aliphatic heterocycles. The number of aliphatic hydroxyl groups is 1. The highest BCUT2D eigenvalue weighted by molar-refractivity contribution is 6.01. The molecule has 10 nitrogen and oxygen atoms in total. The van der Waals surface area contributed by atoms with E-state index in [1.807, 2.05) is 0 Å². The van der Waals surface area contributed by atoms with Crippen LogP contribution in [-0.2, 0) is 16.1 Å². The molecule has 3 aromatic carbocycles. The Bertz CT molecular complexity index is 1480. The summed E-state index contributed by atoms with van der Waals surface area (Å²) in [4.78, 5) is 21.5. The third-order valence-corrected chi connectivity index (χ3v) is 6.34. The van der Waals surface area contributed by atoms with Crippen molar-refractivity contribution >= 4 is 17.5 Å². The van der Waals surface area contributed by atoms with Crippen LogP contribution >= 0.6 is 0 Å². The van der Waals surface area contributed by atoms with Gasteiger partial charge in [0.1, 0.15) is 5.75 Å². The zero-order chi connectivity index (χ0) is 29.2. The van der Waals surface area contributed by atoms with Gasteiger partial charge in [0.05, 0.1) is 6.61 Å². The minimum absolute atomic E-state index is 0.00224. The Balaban J connectivity index is 1.67. The molecule has 0 spiro atoms. The fourth-order valence-corrected chi connectivity index (χ4v) is 4.35. The number of carbonyl (C=O) groups excluding carboxylic acids is 1. The molecule has 0 fully saturated rings. The number of amides is 1. The second-order valence-electron chi connectivity index (χ2n) is 9.09. The average molecular weight is 563 g/mol. The van der Waals surface area contributed by atoms with E-state index in [-0.39, 0.29) is 31.2 Å². The van der Waals surface area contributed by atoms with Gasteiger partial charge < -0.3 is 14.6 Å². The summed E-state index contributed by atoms with van der Waals surface area (Å²) in [7, 11) is 0. The molecule has 2 atom stereocenters. The molecule has 0 unspecified atom stereocenters. The van der Waals surface area contributed by atoms with Crippen molar-refractivity contribution in [3.05, 3.63) is 118 Å². The van der Waals surface area contributed by atoms with Crippen LogP contribution in [0.1, 0.15) is 35.6 Å². The molecule has 12 heteroatoms. The number of nitrogens with zero attached hydrogens (tertiary/aromatic N) is 4. The van der Waals surface area contributed by atoms with Gasteiger partial charge in [0.2, 0.25) is 5.90 Å². The zero-order valence-electron chi connectivity index (χ0n) is 22.0. The van der Waals surface area contributed by atoms with Crippen molar-refractivity contribution in [1.29, 1.82) is 0 Å². The number of aliphatic hydroxyl groups excluding tert-OH is 1. The number of hydrazine groups is 1. The number of aliphatic imine (C=N–C) groups is 1. The highest BCUT2D eigenvalue weighted by Gasteiger charge is 2.53. The molecule has 3 aromatic rings. The van der Waals surface area contributed by atoms with Gasteiger partial charge in [0.15, 0.2) is 23.3 Å². The monoisotopic (exact) mass is 562 g/mol. The van der Waals surface area contributed by atoms with E-state index in [0.29, 0.717) is 35.5 Å². The van der Waals surface area contributed by atoms with Gasteiger partial charge in [-0.25, -0.2) is 19.2 Å². The Hall–Kier alpha value is -4.77. The van der Waals surface area contributed by atoms with Crippen molar-refractivity contribution in [1.82, 2.24) is 10.9 Å². The molecule has 212 valence electrons. The topological polar surface area (TPSA) is 141 Å². The van der Waals surface area contributed by atoms with Crippen molar-refractivity contribution in [3.63, 3.8) is 0 Å². The van der Waals surface area contributed by atoms with Crippen LogP contribution in [0.5, 0.6) is 5.75 Å². The molecule has 1 amide bonds. The number of ether oxygens (including phenoxy) is 2. The largest absolute Gasteiger partial charge is 0.494 e. The molecule has 0 saturated heterocycles. The van der Waals surface area contributed by atoms with Crippen molar-refractivity contribution in [3.8, 4) is 5.75 Å². The van der Waals surface area contributed by atoms with E-state index in [2.05, 4.69) is 27.5 Å². The highest BCUT2D eigenvalue weighted by atomic mass is 19.2. The smallest absolute Gasteiger partial charge is 0.266 e. The SMILES string of the molecule is C=CC[C@]1(C(=O)NNCc2ccc(F)c(F)c2)N=C(c2ccc(OCCCO)cc2)O[C@H]1c1ccccc1N=[N+]=[N-]. The third-order valence-electron chi connectivity index (χ3n) is 6.34. The van der Waals surface area contributed by atoms with Crippen LogP contribution in [0, 0.1) is 11.6 Å². The van der Waals surface area contributed by atoms with Crippen LogP contribution in [0.2, 0.25) is 0 Å². The van der Waals surface area contributed by atoms with Gasteiger partial charge in [0.25, 0.3) is 5.91 Å². The molecule has 0 saturated carbocycles. The molecule has 3 N–H and O–H groups in total. The van der Waals surface area contributed by atoms with Crippen LogP contribution in [0.15, 0.2) is 89.5 Å². The lowest BCUT2D eigenvalue weighted by atomic mass is 9.84. The number of nitrogens with one attached hydrogen (secondary N) is 2. The van der Waals surface area contributed by atoms with E-state index in [1.54, 1.807) is 48.5 Å². The number of hydrogen-bond acceptors (Lipinski definition) is 7. The predicted octanol–water partition coefficient (Wildman–Crippen LogP) is 5.32. The molecule has 1 aliphatic rings. The number of carbonyl (C=O) groups is 1. The molecule has 4 rings (SSSR count). The summed E-state index contributed by atoms with van der Waals surface area (Å²) in [5.74, 6) is -1.80. The van der Waals surface area contributed by atoms with Crippen LogP contribution < -0.4 is 15.6 Å². The Morgan fingerprint density at radius 1 is 1.20 bits per heavy atom. The minimum atomic E-state index is -1.57. The lowest BCUT2D eigenvalue weighted by molar-refractivity contribution is -0.129. The first-order valence-corrected chi connectivity index (χ1v) is 12.7. The average Bonchev–Trinajstić information content (AvgIpc) is 3.36. The van der Waals surface area contributed by atoms with Gasteiger partial charge in [-0.1, -0.05) is 41.5 Å². The Kier molecular flexibility index (Phi) is 9.64. The number of halogens is 2. The van der Waals surface area contributed by atoms with E-state index in [9.17, 15) is 13.6 Å². The van der Waals surface area contributed by atoms with Gasteiger partial charge in [-0.05, 0) is 47.5 Å². The maximum Gasteiger partial charge on any atom is 0.266 e. The van der Waals surface area contributed by atoms with Crippen molar-refractivity contribution in [2.75, 3.05) is 13.2 Å². The molecular weight excluding hydrogens is 534 g/mol. The van der Waals surface area contributed by atoms with E-state index in [0.717, 1.165) is 12.1 Å². The number of rotatable bonds is 13. The summed E-state index contributed by atoms with van der Waals surface area (Å²) < 4.78 is 38.8. The number of azide groups is 1. The van der Waals surface area contributed by atoms with Gasteiger partial charge >= 0.3 is 0 Å². The van der Waals surface area contributed by atoms with Crippen LogP contribution in [0.4, 0.5) is 14.5 Å². The summed E-state index contributed by atoms with van der Waals surface area (Å²) in [6, 6.07) is 17.0. The van der Waals surface area contributed by atoms with E-state index >= 15 is 0 Å². The van der Waals surface area contributed by atoms with Gasteiger partial charge in [-0.15, -0.1) is 6.58 Å². The molecular formula is C29H28F2N6O4. The van der Waals surface area contributed by atoms with Crippen LogP contribution in [0.25, 0.3) is 10.4 Å². The lowest BCUT2D eigenvalue weighted by Gasteiger charge is -2.30. The standard InChI is InChI=1S/C29H28F2N6O4/c1-2-14-29(28(39)36-33-18-19-8-13-23(30)24(31)17-19)26(22-6-3-4-7-25(22)35-37-32)41-27(34-29)20-9-11-21(12-10-20)40-16-5-15-38/h2-4,6-13,17,26,33,38H,1,5,14-16,18H2,(H,36,39)/t26-,29-/m0/s1. The Morgan fingerprint density at radius 3 is 2.68 bits per heavy atom. The quantitative estimate of drug-likeness (QED) is 0.0646. The lowest BCUT2D eigenvalue weighted by Crippen LogP contribution is -2.52. The van der Waals surface area contributed by atoms with Gasteiger partial charge in [-0.3, -0.25) is 10.2 Å². The molecule has 0 aromatic heterocycles.